The number of fused-ring (bicyclic) bond motifs is 1. The van der Waals surface area contributed by atoms with Crippen LogP contribution in [0.15, 0.2) is 41.3 Å². The molecule has 0 amide bonds. The molecule has 3 aromatic rings. The summed E-state index contributed by atoms with van der Waals surface area (Å²) in [4.78, 5) is 7.28. The lowest BCUT2D eigenvalue weighted by Gasteiger charge is -2.18. The van der Waals surface area contributed by atoms with Gasteiger partial charge in [0.2, 0.25) is 10.0 Å². The minimum absolute atomic E-state index is 0.0241. The Bertz CT molecular complexity index is 962. The fraction of sp³-hybridized carbons (Fsp3) is 0.133. The summed E-state index contributed by atoms with van der Waals surface area (Å²) in [6.07, 6.45) is 0. The molecule has 2 aromatic carbocycles. The Morgan fingerprint density at radius 3 is 2.38 bits per heavy atom. The molecule has 0 unspecified atom stereocenters. The molecule has 0 aliphatic heterocycles. The second-order valence-corrected chi connectivity index (χ2v) is 8.39. The average Bonchev–Trinajstić information content (AvgIpc) is 2.87. The second-order valence-electron chi connectivity index (χ2n) is 5.16. The van der Waals surface area contributed by atoms with Crippen LogP contribution < -0.4 is 0 Å². The van der Waals surface area contributed by atoms with E-state index in [0.29, 0.717) is 5.82 Å². The van der Waals surface area contributed by atoms with Crippen molar-refractivity contribution in [2.45, 2.75) is 11.4 Å². The summed E-state index contributed by atoms with van der Waals surface area (Å²) in [6, 6.07) is 10.1. The van der Waals surface area contributed by atoms with Crippen LogP contribution in [0.4, 0.5) is 0 Å². The number of H-pyrrole nitrogens is 1. The zero-order valence-corrected chi connectivity index (χ0v) is 15.5. The first-order valence-corrected chi connectivity index (χ1v) is 9.41. The third-order valence-corrected chi connectivity index (χ3v) is 6.39. The predicted octanol–water partition coefficient (Wildman–Crippen LogP) is 4.34. The summed E-state index contributed by atoms with van der Waals surface area (Å²) in [5.74, 6) is 0.517. The van der Waals surface area contributed by atoms with E-state index >= 15 is 0 Å². The molecule has 0 saturated heterocycles. The average molecular weight is 405 g/mol. The first-order chi connectivity index (χ1) is 11.3. The summed E-state index contributed by atoms with van der Waals surface area (Å²) in [5, 5.41) is 0.219. The van der Waals surface area contributed by atoms with Gasteiger partial charge in [-0.15, -0.1) is 0 Å². The lowest BCUT2D eigenvalue weighted by molar-refractivity contribution is 0.458. The highest BCUT2D eigenvalue weighted by Gasteiger charge is 2.27. The highest BCUT2D eigenvalue weighted by Crippen LogP contribution is 2.34. The van der Waals surface area contributed by atoms with E-state index in [0.717, 1.165) is 15.3 Å². The van der Waals surface area contributed by atoms with Gasteiger partial charge in [0.25, 0.3) is 0 Å². The summed E-state index contributed by atoms with van der Waals surface area (Å²) in [7, 11) is -2.47. The van der Waals surface area contributed by atoms with Crippen LogP contribution in [0.3, 0.4) is 0 Å². The number of rotatable bonds is 4. The number of halogens is 3. The minimum Gasteiger partial charge on any atom is -0.341 e. The van der Waals surface area contributed by atoms with Gasteiger partial charge < -0.3 is 4.98 Å². The molecule has 1 aromatic heterocycles. The van der Waals surface area contributed by atoms with Gasteiger partial charge in [-0.1, -0.05) is 46.9 Å². The van der Waals surface area contributed by atoms with E-state index in [1.165, 1.54) is 19.2 Å². The number of nitrogens with zero attached hydrogens (tertiary/aromatic N) is 2. The molecule has 0 aliphatic carbocycles. The molecule has 0 radical (unpaired) electrons. The largest absolute Gasteiger partial charge is 0.341 e. The lowest BCUT2D eigenvalue weighted by Crippen LogP contribution is -2.27. The molecule has 24 heavy (non-hydrogen) atoms. The number of nitrogens with one attached hydrogen (secondary N) is 1. The van der Waals surface area contributed by atoms with E-state index in [-0.39, 0.29) is 26.5 Å². The van der Waals surface area contributed by atoms with Crippen LogP contribution in [0.5, 0.6) is 0 Å². The molecule has 0 saturated carbocycles. The Morgan fingerprint density at radius 2 is 1.75 bits per heavy atom. The van der Waals surface area contributed by atoms with Gasteiger partial charge in [-0.3, -0.25) is 0 Å². The Hall–Kier alpha value is -1.31. The molecule has 3 rings (SSSR count). The Labute approximate surface area is 154 Å². The molecule has 126 valence electrons. The van der Waals surface area contributed by atoms with Crippen LogP contribution in [0.1, 0.15) is 5.82 Å². The molecule has 5 nitrogen and oxygen atoms in total. The molecule has 0 spiro atoms. The molecular weight excluding hydrogens is 393 g/mol. The summed E-state index contributed by atoms with van der Waals surface area (Å²) < 4.78 is 26.7. The zero-order chi connectivity index (χ0) is 17.5. The van der Waals surface area contributed by atoms with Gasteiger partial charge in [-0.2, -0.15) is 4.31 Å². The van der Waals surface area contributed by atoms with E-state index in [4.69, 9.17) is 34.8 Å². The molecule has 9 heteroatoms. The van der Waals surface area contributed by atoms with Crippen LogP contribution in [0.25, 0.3) is 11.0 Å². The Morgan fingerprint density at radius 1 is 1.12 bits per heavy atom. The van der Waals surface area contributed by atoms with Crippen molar-refractivity contribution in [1.29, 1.82) is 0 Å². The maximum Gasteiger partial charge on any atom is 0.246 e. The van der Waals surface area contributed by atoms with E-state index in [1.807, 2.05) is 24.3 Å². The van der Waals surface area contributed by atoms with Crippen molar-refractivity contribution in [3.63, 3.8) is 0 Å². The summed E-state index contributed by atoms with van der Waals surface area (Å²) in [5.41, 5.74) is 1.60. The Balaban J connectivity index is 1.95. The number of benzene rings is 2. The van der Waals surface area contributed by atoms with Gasteiger partial charge in [0.1, 0.15) is 10.7 Å². The van der Waals surface area contributed by atoms with E-state index in [2.05, 4.69) is 9.97 Å². The van der Waals surface area contributed by atoms with Crippen molar-refractivity contribution in [3.05, 3.63) is 57.3 Å². The van der Waals surface area contributed by atoms with Gasteiger partial charge in [-0.25, -0.2) is 13.4 Å². The highest BCUT2D eigenvalue weighted by molar-refractivity contribution is 7.89. The molecule has 0 aliphatic rings. The second kappa shape index (κ2) is 6.54. The van der Waals surface area contributed by atoms with Crippen molar-refractivity contribution in [1.82, 2.24) is 14.3 Å². The molecule has 0 bridgehead atoms. The van der Waals surface area contributed by atoms with E-state index < -0.39 is 10.0 Å². The molecule has 0 atom stereocenters. The van der Waals surface area contributed by atoms with Crippen molar-refractivity contribution in [3.8, 4) is 0 Å². The van der Waals surface area contributed by atoms with Gasteiger partial charge >= 0.3 is 0 Å². The van der Waals surface area contributed by atoms with Crippen LogP contribution >= 0.6 is 34.8 Å². The van der Waals surface area contributed by atoms with Gasteiger partial charge in [-0.05, 0) is 24.3 Å². The maximum atomic E-state index is 12.8. The molecular formula is C15H12Cl3N3O2S. The number of para-hydroxylation sites is 2. The zero-order valence-electron chi connectivity index (χ0n) is 12.4. The van der Waals surface area contributed by atoms with E-state index in [1.54, 1.807) is 0 Å². The van der Waals surface area contributed by atoms with Gasteiger partial charge in [0, 0.05) is 12.1 Å². The van der Waals surface area contributed by atoms with Crippen molar-refractivity contribution >= 4 is 55.9 Å². The lowest BCUT2D eigenvalue weighted by atomic mass is 10.3. The SMILES string of the molecule is CN(Cc1nc2ccccc2[nH]1)S(=O)(=O)c1c(Cl)cc(Cl)cc1Cl. The number of hydrogen-bond donors (Lipinski definition) is 1. The highest BCUT2D eigenvalue weighted by atomic mass is 35.5. The molecule has 1 heterocycles. The quantitative estimate of drug-likeness (QED) is 0.703. The predicted molar refractivity (Wildman–Crippen MR) is 96.2 cm³/mol. The first kappa shape index (κ1) is 17.5. The van der Waals surface area contributed by atoms with Gasteiger partial charge in [0.15, 0.2) is 0 Å². The number of hydrogen-bond acceptors (Lipinski definition) is 3. The summed E-state index contributed by atoms with van der Waals surface area (Å²) >= 11 is 17.9. The van der Waals surface area contributed by atoms with Crippen molar-refractivity contribution in [2.75, 3.05) is 7.05 Å². The van der Waals surface area contributed by atoms with Crippen molar-refractivity contribution in [2.24, 2.45) is 0 Å². The standard InChI is InChI=1S/C15H12Cl3N3O2S/c1-21(8-14-19-12-4-2-3-5-13(12)20-14)24(22,23)15-10(17)6-9(16)7-11(15)18/h2-7H,8H2,1H3,(H,19,20). The van der Waals surface area contributed by atoms with Crippen LogP contribution in [0, 0.1) is 0 Å². The first-order valence-electron chi connectivity index (χ1n) is 6.83. The molecule has 1 N–H and O–H groups in total. The third kappa shape index (κ3) is 3.25. The normalized spacial score (nSPS) is 12.2. The van der Waals surface area contributed by atoms with E-state index in [9.17, 15) is 8.42 Å². The minimum atomic E-state index is -3.90. The summed E-state index contributed by atoms with van der Waals surface area (Å²) in [6.45, 7) is 0.0479. The van der Waals surface area contributed by atoms with Crippen LogP contribution in [-0.2, 0) is 16.6 Å². The molecule has 0 fully saturated rings. The number of sulfonamides is 1. The fourth-order valence-electron chi connectivity index (χ4n) is 2.31. The Kier molecular flexibility index (Phi) is 4.77. The third-order valence-electron chi connectivity index (χ3n) is 3.44. The number of aromatic amines is 1. The number of imidazole rings is 1. The van der Waals surface area contributed by atoms with Crippen LogP contribution in [0.2, 0.25) is 15.1 Å². The maximum absolute atomic E-state index is 12.8. The van der Waals surface area contributed by atoms with Crippen molar-refractivity contribution < 1.29 is 8.42 Å². The smallest absolute Gasteiger partial charge is 0.246 e. The monoisotopic (exact) mass is 403 g/mol. The van der Waals surface area contributed by atoms with Crippen LogP contribution in [-0.4, -0.2) is 29.7 Å². The van der Waals surface area contributed by atoms with Gasteiger partial charge in [0.05, 0.1) is 27.6 Å². The fourth-order valence-corrected chi connectivity index (χ4v) is 4.92. The topological polar surface area (TPSA) is 66.1 Å². The number of aromatic nitrogens is 2.